The average Bonchev–Trinajstić information content (AvgIpc) is 3.22. The van der Waals surface area contributed by atoms with Gasteiger partial charge in [0, 0.05) is 37.8 Å². The van der Waals surface area contributed by atoms with Gasteiger partial charge >= 0.3 is 6.55 Å². The molecule has 1 aliphatic heterocycles. The van der Waals surface area contributed by atoms with E-state index in [1.54, 1.807) is 7.11 Å². The molecule has 32 heavy (non-hydrogen) atoms. The van der Waals surface area contributed by atoms with Crippen molar-refractivity contribution in [2.75, 3.05) is 38.2 Å². The summed E-state index contributed by atoms with van der Waals surface area (Å²) in [6, 6.07) is 9.34. The highest BCUT2D eigenvalue weighted by molar-refractivity contribution is 7.89. The number of methoxy groups -OCH3 is 1. The zero-order valence-corrected chi connectivity index (χ0v) is 18.3. The van der Waals surface area contributed by atoms with Crippen LogP contribution >= 0.6 is 0 Å². The van der Waals surface area contributed by atoms with Crippen molar-refractivity contribution < 1.29 is 21.9 Å². The number of nitrogens with zero attached hydrogens (tertiary/aromatic N) is 6. The Balaban J connectivity index is 1.48. The van der Waals surface area contributed by atoms with E-state index in [0.29, 0.717) is 23.6 Å². The Labute approximate surface area is 184 Å². The van der Waals surface area contributed by atoms with Gasteiger partial charge in [0.2, 0.25) is 10.0 Å². The van der Waals surface area contributed by atoms with Crippen molar-refractivity contribution in [1.29, 1.82) is 0 Å². The van der Waals surface area contributed by atoms with Gasteiger partial charge in [-0.05, 0) is 31.2 Å². The topological polar surface area (TPSA) is 93.5 Å². The van der Waals surface area contributed by atoms with E-state index >= 15 is 0 Å². The molecule has 0 radical (unpaired) electrons. The molecule has 9 nitrogen and oxygen atoms in total. The second-order valence-electron chi connectivity index (χ2n) is 7.20. The van der Waals surface area contributed by atoms with Gasteiger partial charge in [-0.15, -0.1) is 0 Å². The Kier molecular flexibility index (Phi) is 6.07. The molecule has 0 amide bonds. The minimum atomic E-state index is -3.92. The number of ether oxygens (including phenoxy) is 1. The largest absolute Gasteiger partial charge is 0.497 e. The summed E-state index contributed by atoms with van der Waals surface area (Å²) in [5, 5.41) is 3.51. The van der Waals surface area contributed by atoms with Crippen LogP contribution in [0.15, 0.2) is 47.8 Å². The van der Waals surface area contributed by atoms with Gasteiger partial charge in [-0.3, -0.25) is 0 Å². The van der Waals surface area contributed by atoms with Crippen LogP contribution in [0.3, 0.4) is 0 Å². The maximum absolute atomic E-state index is 13.0. The molecule has 170 valence electrons. The maximum atomic E-state index is 13.0. The Morgan fingerprint density at radius 2 is 1.75 bits per heavy atom. The highest BCUT2D eigenvalue weighted by Gasteiger charge is 2.32. The van der Waals surface area contributed by atoms with E-state index in [4.69, 9.17) is 4.74 Å². The number of anilines is 1. The highest BCUT2D eigenvalue weighted by Crippen LogP contribution is 2.26. The second kappa shape index (κ2) is 8.79. The molecule has 1 fully saturated rings. The van der Waals surface area contributed by atoms with E-state index in [1.807, 2.05) is 35.2 Å². The van der Waals surface area contributed by atoms with E-state index in [2.05, 4.69) is 15.1 Å². The van der Waals surface area contributed by atoms with Crippen LogP contribution in [-0.4, -0.2) is 65.8 Å². The summed E-state index contributed by atoms with van der Waals surface area (Å²) in [5.41, 5.74) is 1.56. The third-order valence-electron chi connectivity index (χ3n) is 5.40. The summed E-state index contributed by atoms with van der Waals surface area (Å²) in [5.74, 6) is 1.43. The predicted octanol–water partition coefficient (Wildman–Crippen LogP) is 2.56. The molecule has 0 spiro atoms. The molecule has 2 aromatic heterocycles. The number of aromatic nitrogens is 4. The summed E-state index contributed by atoms with van der Waals surface area (Å²) in [4.78, 5) is 10.4. The van der Waals surface area contributed by atoms with E-state index in [-0.39, 0.29) is 23.7 Å². The van der Waals surface area contributed by atoms with E-state index in [1.165, 1.54) is 17.6 Å². The molecule has 3 heterocycles. The summed E-state index contributed by atoms with van der Waals surface area (Å²) in [6.45, 7) is -0.370. The van der Waals surface area contributed by atoms with E-state index in [0.717, 1.165) is 23.2 Å². The number of halogens is 2. The lowest BCUT2D eigenvalue weighted by atomic mass is 10.1. The van der Waals surface area contributed by atoms with Crippen molar-refractivity contribution in [2.45, 2.75) is 18.4 Å². The maximum Gasteiger partial charge on any atom is 0.333 e. The van der Waals surface area contributed by atoms with Crippen molar-refractivity contribution in [2.24, 2.45) is 0 Å². The van der Waals surface area contributed by atoms with Gasteiger partial charge in [0.1, 0.15) is 22.8 Å². The Morgan fingerprint density at radius 3 is 2.34 bits per heavy atom. The predicted molar refractivity (Wildman–Crippen MR) is 113 cm³/mol. The van der Waals surface area contributed by atoms with E-state index in [9.17, 15) is 17.2 Å². The van der Waals surface area contributed by atoms with Crippen LogP contribution in [0.4, 0.5) is 14.6 Å². The fourth-order valence-electron chi connectivity index (χ4n) is 3.59. The molecule has 3 aromatic rings. The molecular formula is C20H22F2N6O3S. The van der Waals surface area contributed by atoms with Crippen LogP contribution in [0.2, 0.25) is 0 Å². The van der Waals surface area contributed by atoms with Crippen LogP contribution < -0.4 is 9.64 Å². The van der Waals surface area contributed by atoms with Gasteiger partial charge in [0.15, 0.2) is 0 Å². The molecule has 0 atom stereocenters. The van der Waals surface area contributed by atoms with Crippen LogP contribution in [-0.2, 0) is 10.0 Å². The lowest BCUT2D eigenvalue weighted by molar-refractivity contribution is 0.0541. The van der Waals surface area contributed by atoms with Gasteiger partial charge < -0.3 is 9.64 Å². The molecule has 4 rings (SSSR count). The lowest BCUT2D eigenvalue weighted by Crippen LogP contribution is -2.49. The monoisotopic (exact) mass is 464 g/mol. The molecule has 12 heteroatoms. The molecule has 0 bridgehead atoms. The number of rotatable bonds is 6. The SMILES string of the molecule is COc1ccc(-c2cc(N3CCN(S(=O)(=O)c4cnn(C(F)F)c4C)CC3)ncn2)cc1. The van der Waals surface area contributed by atoms with Crippen molar-refractivity contribution in [1.82, 2.24) is 24.1 Å². The van der Waals surface area contributed by atoms with Gasteiger partial charge in [0.25, 0.3) is 0 Å². The van der Waals surface area contributed by atoms with Crippen LogP contribution in [0.5, 0.6) is 5.75 Å². The molecule has 1 saturated heterocycles. The quantitative estimate of drug-likeness (QED) is 0.554. The van der Waals surface area contributed by atoms with Crippen LogP contribution in [0.1, 0.15) is 12.2 Å². The standard InChI is InChI=1S/C20H22F2N6O3S/c1-14-18(12-25-28(14)20(21)22)32(29,30)27-9-7-26(8-10-27)19-11-17(23-13-24-19)15-3-5-16(31-2)6-4-15/h3-6,11-13,20H,7-10H2,1-2H3. The zero-order chi connectivity index (χ0) is 22.9. The normalized spacial score (nSPS) is 15.3. The Morgan fingerprint density at radius 1 is 1.06 bits per heavy atom. The fraction of sp³-hybridized carbons (Fsp3) is 0.350. The van der Waals surface area contributed by atoms with Crippen molar-refractivity contribution in [3.8, 4) is 17.0 Å². The molecule has 1 aromatic carbocycles. The first-order valence-electron chi connectivity index (χ1n) is 9.85. The molecule has 0 saturated carbocycles. The first-order chi connectivity index (χ1) is 15.3. The average molecular weight is 464 g/mol. The van der Waals surface area contributed by atoms with Gasteiger partial charge in [-0.2, -0.15) is 18.2 Å². The number of benzene rings is 1. The third kappa shape index (κ3) is 4.15. The van der Waals surface area contributed by atoms with Gasteiger partial charge in [-0.25, -0.2) is 23.1 Å². The molecular weight excluding hydrogens is 442 g/mol. The minimum absolute atomic E-state index is 0.0811. The number of hydrogen-bond donors (Lipinski definition) is 0. The second-order valence-corrected chi connectivity index (χ2v) is 9.10. The summed E-state index contributed by atoms with van der Waals surface area (Å²) in [6.07, 6.45) is 2.45. The fourth-order valence-corrected chi connectivity index (χ4v) is 5.16. The van der Waals surface area contributed by atoms with Gasteiger partial charge in [0.05, 0.1) is 24.7 Å². The van der Waals surface area contributed by atoms with Gasteiger partial charge in [-0.1, -0.05) is 0 Å². The molecule has 0 unspecified atom stereocenters. The van der Waals surface area contributed by atoms with Crippen LogP contribution in [0.25, 0.3) is 11.3 Å². The smallest absolute Gasteiger partial charge is 0.333 e. The molecule has 0 aliphatic carbocycles. The Hall–Kier alpha value is -3.12. The highest BCUT2D eigenvalue weighted by atomic mass is 32.2. The van der Waals surface area contributed by atoms with Crippen molar-refractivity contribution >= 4 is 15.8 Å². The number of alkyl halides is 2. The Bertz CT molecular complexity index is 1190. The van der Waals surface area contributed by atoms with E-state index < -0.39 is 16.6 Å². The first kappa shape index (κ1) is 22.1. The summed E-state index contributed by atoms with van der Waals surface area (Å²) >= 11 is 0. The van der Waals surface area contributed by atoms with Crippen molar-refractivity contribution in [3.63, 3.8) is 0 Å². The van der Waals surface area contributed by atoms with Crippen LogP contribution in [0, 0.1) is 6.92 Å². The minimum Gasteiger partial charge on any atom is -0.497 e. The number of hydrogen-bond acceptors (Lipinski definition) is 7. The molecule has 0 N–H and O–H groups in total. The first-order valence-corrected chi connectivity index (χ1v) is 11.3. The van der Waals surface area contributed by atoms with Crippen molar-refractivity contribution in [3.05, 3.63) is 48.5 Å². The third-order valence-corrected chi connectivity index (χ3v) is 7.41. The number of piperazine rings is 1. The molecule has 1 aliphatic rings. The lowest BCUT2D eigenvalue weighted by Gasteiger charge is -2.34. The summed E-state index contributed by atoms with van der Waals surface area (Å²) < 4.78 is 58.7. The number of sulfonamides is 1. The summed E-state index contributed by atoms with van der Waals surface area (Å²) in [7, 11) is -2.32. The zero-order valence-electron chi connectivity index (χ0n) is 17.5.